The lowest BCUT2D eigenvalue weighted by atomic mass is 10.0. The maximum absolute atomic E-state index is 12.1. The molecule has 1 amide bonds. The predicted molar refractivity (Wildman–Crippen MR) is 89.4 cm³/mol. The summed E-state index contributed by atoms with van der Waals surface area (Å²) in [5.41, 5.74) is 6.09. The van der Waals surface area contributed by atoms with Crippen LogP contribution in [0.25, 0.3) is 0 Å². The number of hydrogen-bond donors (Lipinski definition) is 3. The van der Waals surface area contributed by atoms with Crippen LogP contribution in [-0.4, -0.2) is 32.5 Å². The molecule has 7 heteroatoms. The van der Waals surface area contributed by atoms with Crippen LogP contribution in [0.1, 0.15) is 38.7 Å². The zero-order valence-corrected chi connectivity index (χ0v) is 14.4. The third-order valence-electron chi connectivity index (χ3n) is 3.76. The summed E-state index contributed by atoms with van der Waals surface area (Å²) in [6, 6.07) is 6.77. The molecule has 1 aromatic rings. The van der Waals surface area contributed by atoms with E-state index >= 15 is 0 Å². The minimum atomic E-state index is -3.42. The first-order chi connectivity index (χ1) is 10.7. The number of benzene rings is 1. The van der Waals surface area contributed by atoms with Gasteiger partial charge in [-0.3, -0.25) is 4.79 Å². The first kappa shape index (κ1) is 17.9. The summed E-state index contributed by atoms with van der Waals surface area (Å²) < 4.78 is 26.8. The van der Waals surface area contributed by atoms with Gasteiger partial charge in [0.25, 0.3) is 0 Å². The van der Waals surface area contributed by atoms with Crippen molar-refractivity contribution in [2.45, 2.75) is 56.0 Å². The SMILES string of the molecule is CC(C)(CN)NC(=O)CCc1ccc(S(=O)(=O)NC2CC2)cc1. The van der Waals surface area contributed by atoms with Gasteiger partial charge in [0.15, 0.2) is 0 Å². The summed E-state index contributed by atoms with van der Waals surface area (Å²) in [5, 5.41) is 2.87. The van der Waals surface area contributed by atoms with Gasteiger partial charge in [-0.25, -0.2) is 13.1 Å². The van der Waals surface area contributed by atoms with E-state index in [1.807, 2.05) is 13.8 Å². The number of hydrogen-bond acceptors (Lipinski definition) is 4. The largest absolute Gasteiger partial charge is 0.350 e. The molecule has 0 spiro atoms. The quantitative estimate of drug-likeness (QED) is 0.655. The molecule has 1 aromatic carbocycles. The monoisotopic (exact) mass is 339 g/mol. The molecule has 0 bridgehead atoms. The van der Waals surface area contributed by atoms with Gasteiger partial charge in [0, 0.05) is 24.5 Å². The van der Waals surface area contributed by atoms with Gasteiger partial charge in [-0.15, -0.1) is 0 Å². The molecule has 1 aliphatic carbocycles. The Bertz CT molecular complexity index is 650. The average molecular weight is 339 g/mol. The molecular formula is C16H25N3O3S. The molecule has 0 atom stereocenters. The van der Waals surface area contributed by atoms with Crippen molar-refractivity contribution in [1.82, 2.24) is 10.0 Å². The maximum Gasteiger partial charge on any atom is 0.240 e. The Morgan fingerprint density at radius 1 is 1.26 bits per heavy atom. The van der Waals surface area contributed by atoms with Gasteiger partial charge < -0.3 is 11.1 Å². The molecule has 1 aliphatic rings. The lowest BCUT2D eigenvalue weighted by molar-refractivity contribution is -0.122. The van der Waals surface area contributed by atoms with E-state index in [0.29, 0.717) is 19.4 Å². The summed E-state index contributed by atoms with van der Waals surface area (Å²) in [7, 11) is -3.42. The number of rotatable bonds is 8. The second-order valence-electron chi connectivity index (χ2n) is 6.68. The molecule has 0 aromatic heterocycles. The van der Waals surface area contributed by atoms with Gasteiger partial charge in [0.05, 0.1) is 4.90 Å². The van der Waals surface area contributed by atoms with Crippen molar-refractivity contribution >= 4 is 15.9 Å². The highest BCUT2D eigenvalue weighted by Gasteiger charge is 2.27. The van der Waals surface area contributed by atoms with E-state index in [0.717, 1.165) is 18.4 Å². The molecular weight excluding hydrogens is 314 g/mol. The molecule has 4 N–H and O–H groups in total. The standard InChI is InChI=1S/C16H25N3O3S/c1-16(2,11-17)18-15(20)10-5-12-3-8-14(9-4-12)23(21,22)19-13-6-7-13/h3-4,8-9,13,19H,5-7,10-11,17H2,1-2H3,(H,18,20). The van der Waals surface area contributed by atoms with Crippen LogP contribution in [0, 0.1) is 0 Å². The minimum Gasteiger partial charge on any atom is -0.350 e. The summed E-state index contributed by atoms with van der Waals surface area (Å²) in [6.07, 6.45) is 2.72. The van der Waals surface area contributed by atoms with Gasteiger partial charge in [-0.05, 0) is 50.8 Å². The number of amides is 1. The van der Waals surface area contributed by atoms with E-state index in [4.69, 9.17) is 5.73 Å². The van der Waals surface area contributed by atoms with E-state index in [-0.39, 0.29) is 16.8 Å². The molecule has 1 saturated carbocycles. The number of sulfonamides is 1. The van der Waals surface area contributed by atoms with E-state index in [9.17, 15) is 13.2 Å². The Labute approximate surface area is 137 Å². The fourth-order valence-corrected chi connectivity index (χ4v) is 3.38. The predicted octanol–water partition coefficient (Wildman–Crippen LogP) is 0.913. The van der Waals surface area contributed by atoms with Crippen LogP contribution < -0.4 is 15.8 Å². The van der Waals surface area contributed by atoms with Gasteiger partial charge in [-0.2, -0.15) is 0 Å². The average Bonchev–Trinajstić information content (AvgIpc) is 3.28. The highest BCUT2D eigenvalue weighted by molar-refractivity contribution is 7.89. The van der Waals surface area contributed by atoms with Crippen LogP contribution in [0.4, 0.5) is 0 Å². The number of nitrogens with one attached hydrogen (secondary N) is 2. The topological polar surface area (TPSA) is 101 Å². The van der Waals surface area contributed by atoms with Crippen LogP contribution >= 0.6 is 0 Å². The summed E-state index contributed by atoms with van der Waals surface area (Å²) in [4.78, 5) is 12.1. The molecule has 0 heterocycles. The Balaban J connectivity index is 1.89. The second-order valence-corrected chi connectivity index (χ2v) is 8.39. The molecule has 0 aliphatic heterocycles. The zero-order valence-electron chi connectivity index (χ0n) is 13.6. The number of carbonyl (C=O) groups excluding carboxylic acids is 1. The maximum atomic E-state index is 12.1. The van der Waals surface area contributed by atoms with Crippen molar-refractivity contribution in [2.24, 2.45) is 5.73 Å². The summed E-state index contributed by atoms with van der Waals surface area (Å²) in [5.74, 6) is -0.0625. The van der Waals surface area contributed by atoms with Crippen molar-refractivity contribution in [1.29, 1.82) is 0 Å². The Kier molecular flexibility index (Phi) is 5.44. The zero-order chi connectivity index (χ0) is 17.1. The molecule has 1 fully saturated rings. The molecule has 2 rings (SSSR count). The molecule has 6 nitrogen and oxygen atoms in total. The van der Waals surface area contributed by atoms with E-state index in [1.54, 1.807) is 24.3 Å². The molecule has 23 heavy (non-hydrogen) atoms. The van der Waals surface area contributed by atoms with Crippen molar-refractivity contribution < 1.29 is 13.2 Å². The van der Waals surface area contributed by atoms with Crippen LogP contribution in [-0.2, 0) is 21.2 Å². The lowest BCUT2D eigenvalue weighted by Crippen LogP contribution is -2.48. The Morgan fingerprint density at radius 2 is 1.87 bits per heavy atom. The highest BCUT2D eigenvalue weighted by atomic mass is 32.2. The second kappa shape index (κ2) is 6.98. The summed E-state index contributed by atoms with van der Waals surface area (Å²) >= 11 is 0. The smallest absolute Gasteiger partial charge is 0.240 e. The van der Waals surface area contributed by atoms with Gasteiger partial charge >= 0.3 is 0 Å². The third kappa shape index (κ3) is 5.60. The first-order valence-electron chi connectivity index (χ1n) is 7.84. The van der Waals surface area contributed by atoms with E-state index in [1.165, 1.54) is 0 Å². The van der Waals surface area contributed by atoms with Gasteiger partial charge in [-0.1, -0.05) is 12.1 Å². The number of carbonyl (C=O) groups is 1. The van der Waals surface area contributed by atoms with Crippen molar-refractivity contribution in [2.75, 3.05) is 6.54 Å². The van der Waals surface area contributed by atoms with Crippen molar-refractivity contribution in [3.8, 4) is 0 Å². The third-order valence-corrected chi connectivity index (χ3v) is 5.30. The molecule has 128 valence electrons. The number of aryl methyl sites for hydroxylation is 1. The summed E-state index contributed by atoms with van der Waals surface area (Å²) in [6.45, 7) is 4.12. The van der Waals surface area contributed by atoms with Crippen molar-refractivity contribution in [3.63, 3.8) is 0 Å². The Hall–Kier alpha value is -1.44. The number of nitrogens with two attached hydrogens (primary N) is 1. The molecule has 0 unspecified atom stereocenters. The van der Waals surface area contributed by atoms with Crippen LogP contribution in [0.3, 0.4) is 0 Å². The first-order valence-corrected chi connectivity index (χ1v) is 9.32. The normalized spacial score (nSPS) is 15.4. The van der Waals surface area contributed by atoms with Gasteiger partial charge in [0.2, 0.25) is 15.9 Å². The Morgan fingerprint density at radius 3 is 2.39 bits per heavy atom. The van der Waals surface area contributed by atoms with Gasteiger partial charge in [0.1, 0.15) is 0 Å². The van der Waals surface area contributed by atoms with Crippen molar-refractivity contribution in [3.05, 3.63) is 29.8 Å². The lowest BCUT2D eigenvalue weighted by Gasteiger charge is -2.24. The highest BCUT2D eigenvalue weighted by Crippen LogP contribution is 2.22. The molecule has 0 radical (unpaired) electrons. The van der Waals surface area contributed by atoms with E-state index in [2.05, 4.69) is 10.0 Å². The van der Waals surface area contributed by atoms with Crippen LogP contribution in [0.5, 0.6) is 0 Å². The van der Waals surface area contributed by atoms with E-state index < -0.39 is 15.6 Å². The fraction of sp³-hybridized carbons (Fsp3) is 0.562. The minimum absolute atomic E-state index is 0.0625. The fourth-order valence-electron chi connectivity index (χ4n) is 2.07. The molecule has 0 saturated heterocycles. The van der Waals surface area contributed by atoms with Crippen LogP contribution in [0.15, 0.2) is 29.2 Å². The van der Waals surface area contributed by atoms with Crippen LogP contribution in [0.2, 0.25) is 0 Å².